The van der Waals surface area contributed by atoms with Gasteiger partial charge in [0, 0.05) is 6.04 Å². The molecule has 0 aliphatic heterocycles. The maximum Gasteiger partial charge on any atom is 0.122 e. The summed E-state index contributed by atoms with van der Waals surface area (Å²) in [5.41, 5.74) is 8.39. The van der Waals surface area contributed by atoms with Gasteiger partial charge >= 0.3 is 0 Å². The quantitative estimate of drug-likeness (QED) is 0.797. The molecule has 2 heteroatoms. The Kier molecular flexibility index (Phi) is 2.46. The van der Waals surface area contributed by atoms with Crippen LogP contribution in [0.1, 0.15) is 42.9 Å². The fourth-order valence-corrected chi connectivity index (χ4v) is 1.75. The van der Waals surface area contributed by atoms with Crippen LogP contribution in [-0.4, -0.2) is 7.11 Å². The second kappa shape index (κ2) is 3.62. The highest BCUT2D eigenvalue weighted by atomic mass is 16.5. The van der Waals surface area contributed by atoms with E-state index in [0.29, 0.717) is 5.92 Å². The van der Waals surface area contributed by atoms with Gasteiger partial charge in [-0.25, -0.2) is 0 Å². The molecule has 1 unspecified atom stereocenters. The minimum absolute atomic E-state index is 0.110. The highest BCUT2D eigenvalue weighted by molar-refractivity contribution is 5.42. The van der Waals surface area contributed by atoms with Gasteiger partial charge in [0.05, 0.1) is 7.11 Å². The standard InChI is InChI=1S/C12H17NO/c1-8(13)10-5-6-12(14-2)11(7-10)9-3-4-9/h5-9H,3-4,13H2,1-2H3. The first-order chi connectivity index (χ1) is 6.72. The molecule has 2 nitrogen and oxygen atoms in total. The van der Waals surface area contributed by atoms with Crippen molar-refractivity contribution in [2.75, 3.05) is 7.11 Å². The van der Waals surface area contributed by atoms with Crippen LogP contribution in [0.5, 0.6) is 5.75 Å². The average molecular weight is 191 g/mol. The van der Waals surface area contributed by atoms with Crippen molar-refractivity contribution in [3.05, 3.63) is 29.3 Å². The zero-order valence-corrected chi connectivity index (χ0v) is 8.79. The van der Waals surface area contributed by atoms with Gasteiger partial charge in [-0.3, -0.25) is 0 Å². The van der Waals surface area contributed by atoms with Gasteiger partial charge in [-0.15, -0.1) is 0 Å². The monoisotopic (exact) mass is 191 g/mol. The summed E-state index contributed by atoms with van der Waals surface area (Å²) in [7, 11) is 1.73. The molecular weight excluding hydrogens is 174 g/mol. The number of nitrogens with two attached hydrogens (primary N) is 1. The van der Waals surface area contributed by atoms with Crippen LogP contribution in [0.3, 0.4) is 0 Å². The second-order valence-electron chi connectivity index (χ2n) is 4.06. The number of benzene rings is 1. The van der Waals surface area contributed by atoms with E-state index in [2.05, 4.69) is 12.1 Å². The molecule has 1 aliphatic carbocycles. The van der Waals surface area contributed by atoms with E-state index in [0.717, 1.165) is 5.75 Å². The number of rotatable bonds is 3. The molecule has 76 valence electrons. The first kappa shape index (κ1) is 9.53. The fraction of sp³-hybridized carbons (Fsp3) is 0.500. The van der Waals surface area contributed by atoms with Crippen molar-refractivity contribution in [2.24, 2.45) is 5.73 Å². The molecule has 0 bridgehead atoms. The Balaban J connectivity index is 2.36. The molecule has 1 aromatic rings. The zero-order chi connectivity index (χ0) is 10.1. The van der Waals surface area contributed by atoms with E-state index >= 15 is 0 Å². The van der Waals surface area contributed by atoms with Gasteiger partial charge in [0.15, 0.2) is 0 Å². The van der Waals surface area contributed by atoms with Gasteiger partial charge in [-0.1, -0.05) is 12.1 Å². The van der Waals surface area contributed by atoms with Crippen molar-refractivity contribution in [1.82, 2.24) is 0 Å². The summed E-state index contributed by atoms with van der Waals surface area (Å²) in [6.45, 7) is 2.01. The van der Waals surface area contributed by atoms with Crippen LogP contribution in [0, 0.1) is 0 Å². The van der Waals surface area contributed by atoms with Crippen LogP contribution in [0.25, 0.3) is 0 Å². The van der Waals surface area contributed by atoms with Gasteiger partial charge in [0.2, 0.25) is 0 Å². The van der Waals surface area contributed by atoms with Crippen LogP contribution in [0.2, 0.25) is 0 Å². The fourth-order valence-electron chi connectivity index (χ4n) is 1.75. The summed E-state index contributed by atoms with van der Waals surface area (Å²) >= 11 is 0. The molecule has 0 aromatic heterocycles. The third kappa shape index (κ3) is 1.75. The Bertz CT molecular complexity index is 329. The molecule has 0 spiro atoms. The lowest BCUT2D eigenvalue weighted by Crippen LogP contribution is -2.05. The van der Waals surface area contributed by atoms with Gasteiger partial charge < -0.3 is 10.5 Å². The van der Waals surface area contributed by atoms with Crippen molar-refractivity contribution >= 4 is 0 Å². The highest BCUT2D eigenvalue weighted by Crippen LogP contribution is 2.44. The van der Waals surface area contributed by atoms with Crippen LogP contribution < -0.4 is 10.5 Å². The molecule has 1 saturated carbocycles. The van der Waals surface area contributed by atoms with Gasteiger partial charge in [0.1, 0.15) is 5.75 Å². The molecule has 0 saturated heterocycles. The van der Waals surface area contributed by atoms with Crippen molar-refractivity contribution in [2.45, 2.75) is 31.7 Å². The molecule has 0 amide bonds. The molecule has 2 rings (SSSR count). The maximum atomic E-state index is 5.85. The topological polar surface area (TPSA) is 35.2 Å². The third-order valence-electron chi connectivity index (χ3n) is 2.80. The molecule has 1 atom stereocenters. The summed E-state index contributed by atoms with van der Waals surface area (Å²) in [6.07, 6.45) is 2.58. The SMILES string of the molecule is COc1ccc(C(C)N)cc1C1CC1. The highest BCUT2D eigenvalue weighted by Gasteiger charge is 2.27. The molecule has 0 radical (unpaired) electrons. The Morgan fingerprint density at radius 3 is 2.64 bits per heavy atom. The minimum atomic E-state index is 0.110. The van der Waals surface area contributed by atoms with E-state index in [1.165, 1.54) is 24.0 Å². The third-order valence-corrected chi connectivity index (χ3v) is 2.80. The average Bonchev–Trinajstić information content (AvgIpc) is 3.00. The lowest BCUT2D eigenvalue weighted by molar-refractivity contribution is 0.409. The largest absolute Gasteiger partial charge is 0.496 e. The Morgan fingerprint density at radius 1 is 1.43 bits per heavy atom. The normalized spacial score (nSPS) is 17.9. The van der Waals surface area contributed by atoms with E-state index < -0.39 is 0 Å². The van der Waals surface area contributed by atoms with Crippen molar-refractivity contribution in [1.29, 1.82) is 0 Å². The predicted octanol–water partition coefficient (Wildman–Crippen LogP) is 2.59. The number of hydrogen-bond donors (Lipinski definition) is 1. The lowest BCUT2D eigenvalue weighted by Gasteiger charge is -2.11. The summed E-state index contributed by atoms with van der Waals surface area (Å²) in [5.74, 6) is 1.72. The number of hydrogen-bond acceptors (Lipinski definition) is 2. The number of ether oxygens (including phenoxy) is 1. The second-order valence-corrected chi connectivity index (χ2v) is 4.06. The molecule has 1 aromatic carbocycles. The first-order valence-electron chi connectivity index (χ1n) is 5.15. The Labute approximate surface area is 85.1 Å². The first-order valence-corrected chi connectivity index (χ1v) is 5.15. The van der Waals surface area contributed by atoms with Gasteiger partial charge in [-0.2, -0.15) is 0 Å². The molecule has 14 heavy (non-hydrogen) atoms. The predicted molar refractivity (Wildman–Crippen MR) is 57.6 cm³/mol. The van der Waals surface area contributed by atoms with E-state index in [1.807, 2.05) is 13.0 Å². The van der Waals surface area contributed by atoms with Crippen LogP contribution >= 0.6 is 0 Å². The molecule has 0 heterocycles. The van der Waals surface area contributed by atoms with Crippen molar-refractivity contribution < 1.29 is 4.74 Å². The lowest BCUT2D eigenvalue weighted by atomic mass is 10.0. The van der Waals surface area contributed by atoms with Crippen molar-refractivity contribution in [3.63, 3.8) is 0 Å². The van der Waals surface area contributed by atoms with E-state index in [4.69, 9.17) is 10.5 Å². The molecular formula is C12H17NO. The van der Waals surface area contributed by atoms with Gasteiger partial charge in [0.25, 0.3) is 0 Å². The van der Waals surface area contributed by atoms with Crippen molar-refractivity contribution in [3.8, 4) is 5.75 Å². The van der Waals surface area contributed by atoms with E-state index in [1.54, 1.807) is 7.11 Å². The summed E-state index contributed by atoms with van der Waals surface area (Å²) < 4.78 is 5.34. The van der Waals surface area contributed by atoms with Gasteiger partial charge in [-0.05, 0) is 42.9 Å². The smallest absolute Gasteiger partial charge is 0.122 e. The molecule has 1 aliphatic rings. The van der Waals surface area contributed by atoms with E-state index in [-0.39, 0.29) is 6.04 Å². The van der Waals surface area contributed by atoms with Crippen LogP contribution in [0.15, 0.2) is 18.2 Å². The summed E-state index contributed by atoms with van der Waals surface area (Å²) in [6, 6.07) is 6.39. The van der Waals surface area contributed by atoms with E-state index in [9.17, 15) is 0 Å². The zero-order valence-electron chi connectivity index (χ0n) is 8.79. The molecule has 2 N–H and O–H groups in total. The minimum Gasteiger partial charge on any atom is -0.496 e. The van der Waals surface area contributed by atoms with Crippen LogP contribution in [-0.2, 0) is 0 Å². The summed E-state index contributed by atoms with van der Waals surface area (Å²) in [5, 5.41) is 0. The molecule has 1 fully saturated rings. The summed E-state index contributed by atoms with van der Waals surface area (Å²) in [4.78, 5) is 0. The Morgan fingerprint density at radius 2 is 2.14 bits per heavy atom. The van der Waals surface area contributed by atoms with Crippen LogP contribution in [0.4, 0.5) is 0 Å². The Hall–Kier alpha value is -1.02. The maximum absolute atomic E-state index is 5.85. The number of methoxy groups -OCH3 is 1.